The number of aliphatic hydroxyl groups is 2. The number of ether oxygens (including phenoxy) is 3. The zero-order valence-electron chi connectivity index (χ0n) is 33.3. The lowest BCUT2D eigenvalue weighted by Gasteiger charge is -2.65. The number of rotatable bonds is 9. The monoisotopic (exact) mass is 781 g/mol. The minimum atomic E-state index is -4.14. The molecule has 9 fully saturated rings. The molecule has 54 heavy (non-hydrogen) atoms. The molecule has 0 aromatic heterocycles. The Morgan fingerprint density at radius 1 is 0.926 bits per heavy atom. The molecule has 1 amide bonds. The van der Waals surface area contributed by atoms with E-state index in [9.17, 15) is 23.4 Å². The van der Waals surface area contributed by atoms with Gasteiger partial charge in [0.15, 0.2) is 18.2 Å². The lowest BCUT2D eigenvalue weighted by Crippen LogP contribution is -2.71. The summed E-state index contributed by atoms with van der Waals surface area (Å²) in [6, 6.07) is 0. The lowest BCUT2D eigenvalue weighted by molar-refractivity contribution is -0.578. The van der Waals surface area contributed by atoms with Crippen LogP contribution in [-0.2, 0) is 38.9 Å². The van der Waals surface area contributed by atoms with Crippen LogP contribution in [0.2, 0.25) is 0 Å². The number of amides is 1. The second kappa shape index (κ2) is 14.1. The van der Waals surface area contributed by atoms with E-state index in [2.05, 4.69) is 39.9 Å². The van der Waals surface area contributed by atoms with E-state index in [1.165, 1.54) is 0 Å². The predicted molar refractivity (Wildman–Crippen MR) is 198 cm³/mol. The van der Waals surface area contributed by atoms with Crippen LogP contribution in [0.4, 0.5) is 0 Å². The van der Waals surface area contributed by atoms with E-state index >= 15 is 0 Å². The molecule has 4 heterocycles. The van der Waals surface area contributed by atoms with E-state index in [0.29, 0.717) is 18.8 Å². The molecule has 5 aliphatic carbocycles. The molecule has 9 rings (SSSR count). The third kappa shape index (κ3) is 6.44. The molecule has 1 spiro atoms. The predicted octanol–water partition coefficient (Wildman–Crippen LogP) is 5.60. The standard InChI is InChI=1S/C41H67NO11S/c1-22(8-12-34(45)42-17-18-54(46,47)48)27-10-11-30-35-31(21-33(44)40(27,30)6)38(4)15-13-26(43)19-25(38)20-32(35)49-36-24(3)29-9-7-23(2)28-14-16-39(5)51-37(50-36)41(28,29)53-52-39/h22-33,35-37,43-44H,7-21H2,1-6H3,(H,42,45)(H,46,47,48)/t22-,23-,24-,25?,26-,27-,28?,29?,30?,31?,32?,33+,35?,36?,37?,38+,39+,40-,41-/m1/s1. The number of carbonyl (C=O) groups is 1. The van der Waals surface area contributed by atoms with Gasteiger partial charge in [-0.05, 0) is 136 Å². The van der Waals surface area contributed by atoms with Gasteiger partial charge in [-0.15, -0.1) is 0 Å². The highest BCUT2D eigenvalue weighted by molar-refractivity contribution is 7.85. The Labute approximate surface area is 322 Å². The minimum absolute atomic E-state index is 0.00491. The molecule has 4 N–H and O–H groups in total. The first-order valence-corrected chi connectivity index (χ1v) is 22.9. The van der Waals surface area contributed by atoms with Crippen molar-refractivity contribution in [3.05, 3.63) is 0 Å². The van der Waals surface area contributed by atoms with Crippen molar-refractivity contribution < 1.29 is 52.0 Å². The van der Waals surface area contributed by atoms with Gasteiger partial charge in [0.2, 0.25) is 11.7 Å². The number of hydrogen-bond acceptors (Lipinski definition) is 10. The van der Waals surface area contributed by atoms with Gasteiger partial charge in [-0.3, -0.25) is 9.35 Å². The third-order valence-corrected chi connectivity index (χ3v) is 18.1. The number of hydrogen-bond donors (Lipinski definition) is 4. The van der Waals surface area contributed by atoms with Gasteiger partial charge in [0.25, 0.3) is 10.1 Å². The molecular weight excluding hydrogens is 715 g/mol. The summed E-state index contributed by atoms with van der Waals surface area (Å²) < 4.78 is 52.4. The highest BCUT2D eigenvalue weighted by Crippen LogP contribution is 2.69. The zero-order chi connectivity index (χ0) is 38.6. The summed E-state index contributed by atoms with van der Waals surface area (Å²) in [5.41, 5.74) is -1.03. The van der Waals surface area contributed by atoms with Gasteiger partial charge in [-0.25, -0.2) is 9.78 Å². The number of fused-ring (bicyclic) bond motifs is 7. The summed E-state index contributed by atoms with van der Waals surface area (Å²) in [5, 5.41) is 25.9. The van der Waals surface area contributed by atoms with Gasteiger partial charge in [-0.2, -0.15) is 8.42 Å². The molecule has 4 aliphatic heterocycles. The fourth-order valence-corrected chi connectivity index (χ4v) is 14.8. The molecule has 9 unspecified atom stereocenters. The summed E-state index contributed by atoms with van der Waals surface area (Å²) in [7, 11) is -4.14. The summed E-state index contributed by atoms with van der Waals surface area (Å²) in [6.07, 6.45) is 8.74. The summed E-state index contributed by atoms with van der Waals surface area (Å²) in [5.74, 6) is 0.706. The van der Waals surface area contributed by atoms with Crippen molar-refractivity contribution in [3.8, 4) is 0 Å². The quantitative estimate of drug-likeness (QED) is 0.131. The lowest BCUT2D eigenvalue weighted by atomic mass is 9.43. The van der Waals surface area contributed by atoms with Gasteiger partial charge < -0.3 is 29.7 Å². The van der Waals surface area contributed by atoms with Crippen LogP contribution in [0.1, 0.15) is 125 Å². The largest absolute Gasteiger partial charge is 0.393 e. The van der Waals surface area contributed by atoms with Crippen LogP contribution in [0.3, 0.4) is 0 Å². The maximum absolute atomic E-state index is 12.7. The average molecular weight is 782 g/mol. The first-order valence-electron chi connectivity index (χ1n) is 21.3. The van der Waals surface area contributed by atoms with Crippen LogP contribution in [0, 0.1) is 70.0 Å². The number of nitrogens with one attached hydrogen (secondary N) is 1. The van der Waals surface area contributed by atoms with Crippen LogP contribution >= 0.6 is 0 Å². The molecule has 5 saturated carbocycles. The molecule has 0 aromatic carbocycles. The Morgan fingerprint density at radius 3 is 2.44 bits per heavy atom. The molecule has 2 bridgehead atoms. The average Bonchev–Trinajstić information content (AvgIpc) is 3.30. The van der Waals surface area contributed by atoms with Crippen LogP contribution in [0.15, 0.2) is 0 Å². The van der Waals surface area contributed by atoms with E-state index in [1.807, 2.05) is 6.92 Å². The molecule has 19 atom stereocenters. The van der Waals surface area contributed by atoms with E-state index in [-0.39, 0.29) is 95.2 Å². The first kappa shape index (κ1) is 39.9. The van der Waals surface area contributed by atoms with Crippen LogP contribution in [0.5, 0.6) is 0 Å². The maximum atomic E-state index is 12.7. The Morgan fingerprint density at radius 2 is 1.69 bits per heavy atom. The Balaban J connectivity index is 1.05. The third-order valence-electron chi connectivity index (χ3n) is 17.4. The van der Waals surface area contributed by atoms with Crippen molar-refractivity contribution in [2.24, 2.45) is 70.0 Å². The molecular formula is C41H67NO11S. The van der Waals surface area contributed by atoms with Crippen molar-refractivity contribution in [3.63, 3.8) is 0 Å². The highest BCUT2D eigenvalue weighted by atomic mass is 32.2. The molecule has 308 valence electrons. The summed E-state index contributed by atoms with van der Waals surface area (Å²) in [4.78, 5) is 25.2. The maximum Gasteiger partial charge on any atom is 0.266 e. The van der Waals surface area contributed by atoms with Gasteiger partial charge in [0, 0.05) is 31.2 Å². The number of carbonyl (C=O) groups excluding carboxylic acids is 1. The molecule has 0 radical (unpaired) electrons. The highest BCUT2D eigenvalue weighted by Gasteiger charge is 2.71. The second-order valence-electron chi connectivity index (χ2n) is 20.1. The smallest absolute Gasteiger partial charge is 0.266 e. The zero-order valence-corrected chi connectivity index (χ0v) is 34.1. The number of aliphatic hydroxyl groups excluding tert-OH is 2. The molecule has 9 aliphatic rings. The van der Waals surface area contributed by atoms with Crippen molar-refractivity contribution in [2.75, 3.05) is 12.3 Å². The van der Waals surface area contributed by atoms with Gasteiger partial charge in [0.1, 0.15) is 0 Å². The topological polar surface area (TPSA) is 170 Å². The Hall–Kier alpha value is -0.900. The van der Waals surface area contributed by atoms with Crippen LogP contribution in [0.25, 0.3) is 0 Å². The SMILES string of the molecule is C[C@H]1C(OC2CC3C[C@H](O)CC[C@]3(C)C3C[C@H](O)[C@@]4(C)C(CC[C@@H]4[C@H](C)CCC(=O)NCCS(=O)(=O)O)C23)OC2O[C@]3(C)CCC4[C@H](C)CCC1[C@@]24OO3. The van der Waals surface area contributed by atoms with Crippen molar-refractivity contribution >= 4 is 16.0 Å². The summed E-state index contributed by atoms with van der Waals surface area (Å²) in [6.45, 7) is 13.3. The molecule has 4 saturated heterocycles. The minimum Gasteiger partial charge on any atom is -0.393 e. The van der Waals surface area contributed by atoms with E-state index < -0.39 is 45.9 Å². The van der Waals surface area contributed by atoms with Crippen LogP contribution in [-0.4, -0.2) is 83.7 Å². The fraction of sp³-hybridized carbons (Fsp3) is 0.976. The normalized spacial score (nSPS) is 53.0. The fourth-order valence-electron chi connectivity index (χ4n) is 14.4. The van der Waals surface area contributed by atoms with Crippen molar-refractivity contribution in [1.82, 2.24) is 5.32 Å². The molecule has 13 heteroatoms. The van der Waals surface area contributed by atoms with Crippen LogP contribution < -0.4 is 5.32 Å². The van der Waals surface area contributed by atoms with Gasteiger partial charge >= 0.3 is 0 Å². The summed E-state index contributed by atoms with van der Waals surface area (Å²) >= 11 is 0. The van der Waals surface area contributed by atoms with Gasteiger partial charge in [0.05, 0.1) is 24.1 Å². The Kier molecular flexibility index (Phi) is 10.4. The van der Waals surface area contributed by atoms with E-state index in [0.717, 1.165) is 64.2 Å². The van der Waals surface area contributed by atoms with E-state index in [1.54, 1.807) is 0 Å². The van der Waals surface area contributed by atoms with Crippen molar-refractivity contribution in [2.45, 2.75) is 167 Å². The Bertz CT molecular complexity index is 1530. The van der Waals surface area contributed by atoms with Gasteiger partial charge in [-0.1, -0.05) is 34.6 Å². The molecule has 12 nitrogen and oxygen atoms in total. The molecule has 0 aromatic rings. The first-order chi connectivity index (χ1) is 25.4. The van der Waals surface area contributed by atoms with Crippen molar-refractivity contribution in [1.29, 1.82) is 0 Å². The second-order valence-corrected chi connectivity index (χ2v) is 21.6. The van der Waals surface area contributed by atoms with E-state index in [4.69, 9.17) is 28.5 Å².